The standard InChI is InChI=1S/C16H29N3O4/c1-10(2)9-23-16(22)19-13(8-14(17)20)15(21)18-12-7-5-4-6-11(12)3/h10-13H,4-9H2,1-3H3,(H2,17,20)(H,18,21)(H,19,22)/t11-,12-,13-/m1/s1. The highest BCUT2D eigenvalue weighted by atomic mass is 16.5. The van der Waals surface area contributed by atoms with Gasteiger partial charge in [-0.1, -0.05) is 33.6 Å². The van der Waals surface area contributed by atoms with Gasteiger partial charge in [-0.3, -0.25) is 9.59 Å². The van der Waals surface area contributed by atoms with Gasteiger partial charge in [0.05, 0.1) is 13.0 Å². The van der Waals surface area contributed by atoms with Crippen LogP contribution in [0.3, 0.4) is 0 Å². The van der Waals surface area contributed by atoms with Crippen LogP contribution in [-0.4, -0.2) is 36.6 Å². The maximum atomic E-state index is 12.4. The van der Waals surface area contributed by atoms with Crippen molar-refractivity contribution in [3.05, 3.63) is 0 Å². The second-order valence-corrected chi connectivity index (χ2v) is 6.74. The summed E-state index contributed by atoms with van der Waals surface area (Å²) in [6, 6.07) is -0.929. The van der Waals surface area contributed by atoms with E-state index in [4.69, 9.17) is 10.5 Å². The molecule has 1 saturated carbocycles. The lowest BCUT2D eigenvalue weighted by Gasteiger charge is -2.31. The molecule has 0 radical (unpaired) electrons. The third kappa shape index (κ3) is 7.34. The Balaban J connectivity index is 2.59. The minimum Gasteiger partial charge on any atom is -0.449 e. The van der Waals surface area contributed by atoms with E-state index in [1.54, 1.807) is 0 Å². The van der Waals surface area contributed by atoms with Gasteiger partial charge < -0.3 is 21.1 Å². The second-order valence-electron chi connectivity index (χ2n) is 6.74. The van der Waals surface area contributed by atoms with Crippen LogP contribution in [0.2, 0.25) is 0 Å². The quantitative estimate of drug-likeness (QED) is 0.654. The molecule has 0 saturated heterocycles. The van der Waals surface area contributed by atoms with E-state index in [1.807, 2.05) is 13.8 Å². The minimum absolute atomic E-state index is 0.0695. The molecule has 0 heterocycles. The Hall–Kier alpha value is -1.79. The molecule has 0 aliphatic heterocycles. The van der Waals surface area contributed by atoms with Gasteiger partial charge in [-0.05, 0) is 24.7 Å². The number of alkyl carbamates (subject to hydrolysis) is 1. The fraction of sp³-hybridized carbons (Fsp3) is 0.812. The average molecular weight is 327 g/mol. The maximum Gasteiger partial charge on any atom is 0.407 e. The van der Waals surface area contributed by atoms with Crippen molar-refractivity contribution in [2.75, 3.05) is 6.61 Å². The van der Waals surface area contributed by atoms with Gasteiger partial charge in [0.25, 0.3) is 0 Å². The van der Waals surface area contributed by atoms with E-state index in [0.29, 0.717) is 5.92 Å². The van der Waals surface area contributed by atoms with Crippen molar-refractivity contribution < 1.29 is 19.1 Å². The Morgan fingerprint density at radius 1 is 1.22 bits per heavy atom. The molecule has 0 spiro atoms. The summed E-state index contributed by atoms with van der Waals surface area (Å²) in [6.45, 7) is 6.16. The lowest BCUT2D eigenvalue weighted by atomic mass is 9.86. The van der Waals surface area contributed by atoms with Gasteiger partial charge >= 0.3 is 6.09 Å². The SMILES string of the molecule is CC(C)COC(=O)N[C@H](CC(N)=O)C(=O)N[C@@H]1CCCC[C@H]1C. The summed E-state index contributed by atoms with van der Waals surface area (Å²) in [5, 5.41) is 5.36. The number of nitrogens with one attached hydrogen (secondary N) is 2. The first-order valence-electron chi connectivity index (χ1n) is 8.31. The molecule has 0 aromatic rings. The molecule has 1 aliphatic rings. The molecule has 0 unspecified atom stereocenters. The molecule has 7 nitrogen and oxygen atoms in total. The Morgan fingerprint density at radius 3 is 2.43 bits per heavy atom. The molecule has 4 N–H and O–H groups in total. The number of amides is 3. The number of carbonyl (C=O) groups is 3. The van der Waals surface area contributed by atoms with Crippen molar-refractivity contribution in [2.24, 2.45) is 17.6 Å². The fourth-order valence-corrected chi connectivity index (χ4v) is 2.65. The number of hydrogen-bond donors (Lipinski definition) is 3. The van der Waals surface area contributed by atoms with Gasteiger partial charge in [-0.15, -0.1) is 0 Å². The van der Waals surface area contributed by atoms with Gasteiger partial charge in [-0.2, -0.15) is 0 Å². The molecule has 7 heteroatoms. The summed E-state index contributed by atoms with van der Waals surface area (Å²) < 4.78 is 4.99. The summed E-state index contributed by atoms with van der Waals surface area (Å²) in [4.78, 5) is 35.3. The van der Waals surface area contributed by atoms with Crippen LogP contribution in [0.15, 0.2) is 0 Å². The summed E-state index contributed by atoms with van der Waals surface area (Å²) in [7, 11) is 0. The van der Waals surface area contributed by atoms with Crippen molar-refractivity contribution in [3.8, 4) is 0 Å². The molecule has 3 atom stereocenters. The lowest BCUT2D eigenvalue weighted by Crippen LogP contribution is -2.52. The smallest absolute Gasteiger partial charge is 0.407 e. The molecular weight excluding hydrogens is 298 g/mol. The van der Waals surface area contributed by atoms with Crippen molar-refractivity contribution in [1.29, 1.82) is 0 Å². The van der Waals surface area contributed by atoms with Crippen molar-refractivity contribution in [2.45, 2.75) is 65.0 Å². The van der Waals surface area contributed by atoms with Crippen LogP contribution >= 0.6 is 0 Å². The van der Waals surface area contributed by atoms with Crippen molar-refractivity contribution >= 4 is 17.9 Å². The Labute approximate surface area is 137 Å². The molecule has 0 bridgehead atoms. The lowest BCUT2D eigenvalue weighted by molar-refractivity contribution is -0.128. The third-order valence-electron chi connectivity index (χ3n) is 4.00. The number of primary amides is 1. The molecule has 3 amide bonds. The molecular formula is C16H29N3O4. The summed E-state index contributed by atoms with van der Waals surface area (Å²) in [6.07, 6.45) is 3.25. The summed E-state index contributed by atoms with van der Waals surface area (Å²) in [5.41, 5.74) is 5.18. The topological polar surface area (TPSA) is 111 Å². The first kappa shape index (κ1) is 19.3. The van der Waals surface area contributed by atoms with Crippen molar-refractivity contribution in [3.63, 3.8) is 0 Å². The zero-order valence-electron chi connectivity index (χ0n) is 14.3. The van der Waals surface area contributed by atoms with Crippen molar-refractivity contribution in [1.82, 2.24) is 10.6 Å². The number of carbonyl (C=O) groups excluding carboxylic acids is 3. The highest BCUT2D eigenvalue weighted by molar-refractivity contribution is 5.90. The monoisotopic (exact) mass is 327 g/mol. The zero-order valence-corrected chi connectivity index (χ0v) is 14.3. The van der Waals surface area contributed by atoms with Gasteiger partial charge in [-0.25, -0.2) is 4.79 Å². The first-order chi connectivity index (χ1) is 10.8. The van der Waals surface area contributed by atoms with E-state index in [9.17, 15) is 14.4 Å². The number of ether oxygens (including phenoxy) is 1. The van der Waals surface area contributed by atoms with Gasteiger partial charge in [0.15, 0.2) is 0 Å². The third-order valence-corrected chi connectivity index (χ3v) is 4.00. The Bertz CT molecular complexity index is 426. The van der Waals surface area contributed by atoms with E-state index in [1.165, 1.54) is 0 Å². The summed E-state index contributed by atoms with van der Waals surface area (Å²) in [5.74, 6) is -0.461. The molecule has 1 rings (SSSR count). The van der Waals surface area contributed by atoms with Crippen LogP contribution in [0, 0.1) is 11.8 Å². The van der Waals surface area contributed by atoms with E-state index in [0.717, 1.165) is 25.7 Å². The predicted octanol–water partition coefficient (Wildman–Crippen LogP) is 1.31. The number of nitrogens with two attached hydrogens (primary N) is 1. The van der Waals surface area contributed by atoms with E-state index < -0.39 is 18.0 Å². The van der Waals surface area contributed by atoms with Crippen LogP contribution in [0.4, 0.5) is 4.79 Å². The van der Waals surface area contributed by atoms with E-state index >= 15 is 0 Å². The van der Waals surface area contributed by atoms with E-state index in [-0.39, 0.29) is 30.9 Å². The van der Waals surface area contributed by atoms with Crippen LogP contribution in [0.5, 0.6) is 0 Å². The van der Waals surface area contributed by atoms with Crippen LogP contribution in [0.25, 0.3) is 0 Å². The van der Waals surface area contributed by atoms with E-state index in [2.05, 4.69) is 17.6 Å². The first-order valence-corrected chi connectivity index (χ1v) is 8.31. The van der Waals surface area contributed by atoms with Gasteiger partial charge in [0.2, 0.25) is 11.8 Å². The molecule has 1 fully saturated rings. The number of rotatable bonds is 7. The van der Waals surface area contributed by atoms with Crippen LogP contribution < -0.4 is 16.4 Å². The fourth-order valence-electron chi connectivity index (χ4n) is 2.65. The Morgan fingerprint density at radius 2 is 1.87 bits per heavy atom. The highest BCUT2D eigenvalue weighted by Crippen LogP contribution is 2.23. The van der Waals surface area contributed by atoms with Gasteiger partial charge in [0, 0.05) is 6.04 Å². The highest BCUT2D eigenvalue weighted by Gasteiger charge is 2.28. The Kier molecular flexibility index (Phi) is 7.85. The van der Waals surface area contributed by atoms with Gasteiger partial charge in [0.1, 0.15) is 6.04 Å². The number of hydrogen-bond acceptors (Lipinski definition) is 4. The summed E-state index contributed by atoms with van der Waals surface area (Å²) >= 11 is 0. The zero-order chi connectivity index (χ0) is 17.4. The van der Waals surface area contributed by atoms with Crippen LogP contribution in [-0.2, 0) is 14.3 Å². The predicted molar refractivity (Wildman–Crippen MR) is 86.5 cm³/mol. The minimum atomic E-state index is -0.999. The molecule has 1 aliphatic carbocycles. The maximum absolute atomic E-state index is 12.4. The normalized spacial score (nSPS) is 22.3. The second kappa shape index (κ2) is 9.37. The average Bonchev–Trinajstić information content (AvgIpc) is 2.46. The molecule has 0 aromatic heterocycles. The molecule has 0 aromatic carbocycles. The largest absolute Gasteiger partial charge is 0.449 e. The molecule has 132 valence electrons. The van der Waals surface area contributed by atoms with Crippen LogP contribution in [0.1, 0.15) is 52.9 Å². The molecule has 23 heavy (non-hydrogen) atoms.